The fraction of sp³-hybridized carbons (Fsp3) is 0.700. The SMILES string of the molecule is Cc1cc(C)cc(C2CCCCCC2CNC(C)(C)C)c1. The minimum Gasteiger partial charge on any atom is -0.312 e. The van der Waals surface area contributed by atoms with Crippen molar-refractivity contribution in [3.63, 3.8) is 0 Å². The summed E-state index contributed by atoms with van der Waals surface area (Å²) in [5, 5.41) is 3.75. The normalized spacial score (nSPS) is 23.9. The standard InChI is InChI=1S/C20H33N/c1-15-11-16(2)13-18(12-15)19-10-8-6-7-9-17(19)14-21-20(3,4)5/h11-13,17,19,21H,6-10,14H2,1-5H3. The van der Waals surface area contributed by atoms with Crippen molar-refractivity contribution in [1.82, 2.24) is 5.32 Å². The zero-order chi connectivity index (χ0) is 15.5. The third-order valence-electron chi connectivity index (χ3n) is 4.73. The second kappa shape index (κ2) is 6.96. The quantitative estimate of drug-likeness (QED) is 0.738. The second-order valence-corrected chi connectivity index (χ2v) is 8.06. The summed E-state index contributed by atoms with van der Waals surface area (Å²) in [6.07, 6.45) is 6.94. The van der Waals surface area contributed by atoms with E-state index in [1.165, 1.54) is 43.2 Å². The van der Waals surface area contributed by atoms with Gasteiger partial charge in [0.05, 0.1) is 0 Å². The molecule has 0 radical (unpaired) electrons. The number of rotatable bonds is 3. The average Bonchev–Trinajstić information content (AvgIpc) is 2.59. The number of hydrogen-bond donors (Lipinski definition) is 1. The van der Waals surface area contributed by atoms with Gasteiger partial charge in [0.1, 0.15) is 0 Å². The lowest BCUT2D eigenvalue weighted by molar-refractivity contribution is 0.322. The number of aryl methyl sites for hydroxylation is 2. The summed E-state index contributed by atoms with van der Waals surface area (Å²) in [5.41, 5.74) is 4.63. The molecule has 2 rings (SSSR count). The van der Waals surface area contributed by atoms with Crippen LogP contribution < -0.4 is 5.32 Å². The first-order valence-electron chi connectivity index (χ1n) is 8.68. The van der Waals surface area contributed by atoms with E-state index < -0.39 is 0 Å². The van der Waals surface area contributed by atoms with Crippen LogP contribution >= 0.6 is 0 Å². The lowest BCUT2D eigenvalue weighted by Crippen LogP contribution is -2.40. The van der Waals surface area contributed by atoms with Crippen molar-refractivity contribution in [1.29, 1.82) is 0 Å². The van der Waals surface area contributed by atoms with Gasteiger partial charge in [-0.1, -0.05) is 48.6 Å². The summed E-state index contributed by atoms with van der Waals surface area (Å²) in [5.74, 6) is 1.52. The van der Waals surface area contributed by atoms with Crippen molar-refractivity contribution < 1.29 is 0 Å². The molecule has 0 heterocycles. The van der Waals surface area contributed by atoms with Crippen molar-refractivity contribution in [2.75, 3.05) is 6.54 Å². The number of nitrogens with one attached hydrogen (secondary N) is 1. The zero-order valence-electron chi connectivity index (χ0n) is 14.6. The van der Waals surface area contributed by atoms with Crippen LogP contribution in [-0.2, 0) is 0 Å². The molecule has 2 unspecified atom stereocenters. The highest BCUT2D eigenvalue weighted by Crippen LogP contribution is 2.37. The lowest BCUT2D eigenvalue weighted by atomic mass is 9.81. The van der Waals surface area contributed by atoms with Gasteiger partial charge in [-0.05, 0) is 71.4 Å². The molecule has 0 spiro atoms. The highest BCUT2D eigenvalue weighted by atomic mass is 14.9. The van der Waals surface area contributed by atoms with Crippen molar-refractivity contribution in [2.45, 2.75) is 78.2 Å². The minimum absolute atomic E-state index is 0.222. The first-order valence-corrected chi connectivity index (χ1v) is 8.68. The van der Waals surface area contributed by atoms with Gasteiger partial charge >= 0.3 is 0 Å². The Bertz CT molecular complexity index is 435. The summed E-state index contributed by atoms with van der Waals surface area (Å²) in [6.45, 7) is 12.4. The van der Waals surface area contributed by atoms with E-state index in [1.807, 2.05) is 0 Å². The van der Waals surface area contributed by atoms with Gasteiger partial charge in [-0.15, -0.1) is 0 Å². The molecule has 0 aromatic heterocycles. The average molecular weight is 287 g/mol. The Balaban J connectivity index is 2.18. The molecule has 1 aromatic rings. The smallest absolute Gasteiger partial charge is 0.00966 e. The lowest BCUT2D eigenvalue weighted by Gasteiger charge is -2.30. The maximum Gasteiger partial charge on any atom is 0.00966 e. The van der Waals surface area contributed by atoms with E-state index in [-0.39, 0.29) is 5.54 Å². The van der Waals surface area contributed by atoms with E-state index in [1.54, 1.807) is 5.56 Å². The monoisotopic (exact) mass is 287 g/mol. The van der Waals surface area contributed by atoms with Crippen molar-refractivity contribution >= 4 is 0 Å². The van der Waals surface area contributed by atoms with E-state index in [4.69, 9.17) is 0 Å². The molecule has 118 valence electrons. The Kier molecular flexibility index (Phi) is 5.48. The van der Waals surface area contributed by atoms with Crippen LogP contribution in [0.15, 0.2) is 18.2 Å². The molecule has 1 saturated carbocycles. The summed E-state index contributed by atoms with van der Waals surface area (Å²) >= 11 is 0. The highest BCUT2D eigenvalue weighted by molar-refractivity contribution is 5.31. The van der Waals surface area contributed by atoms with Crippen molar-refractivity contribution in [3.05, 3.63) is 34.9 Å². The van der Waals surface area contributed by atoms with E-state index in [0.29, 0.717) is 0 Å². The molecule has 1 N–H and O–H groups in total. The summed E-state index contributed by atoms with van der Waals surface area (Å²) in [7, 11) is 0. The summed E-state index contributed by atoms with van der Waals surface area (Å²) < 4.78 is 0. The fourth-order valence-electron chi connectivity index (χ4n) is 3.73. The largest absolute Gasteiger partial charge is 0.312 e. The molecular weight excluding hydrogens is 254 g/mol. The Morgan fingerprint density at radius 2 is 1.57 bits per heavy atom. The van der Waals surface area contributed by atoms with Gasteiger partial charge in [0.15, 0.2) is 0 Å². The Morgan fingerprint density at radius 1 is 0.952 bits per heavy atom. The predicted octanol–water partition coefficient (Wildman–Crippen LogP) is 5.36. The van der Waals surface area contributed by atoms with Gasteiger partial charge in [0, 0.05) is 5.54 Å². The topological polar surface area (TPSA) is 12.0 Å². The molecule has 1 fully saturated rings. The van der Waals surface area contributed by atoms with Crippen LogP contribution in [0.1, 0.15) is 75.5 Å². The molecule has 2 atom stereocenters. The van der Waals surface area contributed by atoms with Crippen LogP contribution in [0.3, 0.4) is 0 Å². The number of benzene rings is 1. The molecule has 1 aromatic carbocycles. The zero-order valence-corrected chi connectivity index (χ0v) is 14.6. The van der Waals surface area contributed by atoms with Gasteiger partial charge in [-0.2, -0.15) is 0 Å². The van der Waals surface area contributed by atoms with Gasteiger partial charge in [0.2, 0.25) is 0 Å². The number of hydrogen-bond acceptors (Lipinski definition) is 1. The van der Waals surface area contributed by atoms with Gasteiger partial charge < -0.3 is 5.32 Å². The first-order chi connectivity index (χ1) is 9.85. The molecule has 0 aliphatic heterocycles. The van der Waals surface area contributed by atoms with Crippen LogP contribution in [0, 0.1) is 19.8 Å². The van der Waals surface area contributed by atoms with Crippen molar-refractivity contribution in [2.24, 2.45) is 5.92 Å². The minimum atomic E-state index is 0.222. The third-order valence-corrected chi connectivity index (χ3v) is 4.73. The predicted molar refractivity (Wildman–Crippen MR) is 93.0 cm³/mol. The van der Waals surface area contributed by atoms with E-state index in [2.05, 4.69) is 58.1 Å². The van der Waals surface area contributed by atoms with Crippen LogP contribution in [-0.4, -0.2) is 12.1 Å². The van der Waals surface area contributed by atoms with Crippen LogP contribution in [0.5, 0.6) is 0 Å². The van der Waals surface area contributed by atoms with Crippen LogP contribution in [0.4, 0.5) is 0 Å². The summed E-state index contributed by atoms with van der Waals surface area (Å²) in [4.78, 5) is 0. The highest BCUT2D eigenvalue weighted by Gasteiger charge is 2.26. The van der Waals surface area contributed by atoms with Crippen molar-refractivity contribution in [3.8, 4) is 0 Å². The Labute approximate surface area is 131 Å². The second-order valence-electron chi connectivity index (χ2n) is 8.06. The molecule has 0 saturated heterocycles. The summed E-state index contributed by atoms with van der Waals surface area (Å²) in [6, 6.07) is 7.14. The van der Waals surface area contributed by atoms with Gasteiger partial charge in [0.25, 0.3) is 0 Å². The molecule has 1 aliphatic rings. The fourth-order valence-corrected chi connectivity index (χ4v) is 3.73. The molecule has 1 aliphatic carbocycles. The molecule has 0 bridgehead atoms. The maximum atomic E-state index is 3.75. The Hall–Kier alpha value is -0.820. The molecule has 1 heteroatoms. The van der Waals surface area contributed by atoms with E-state index in [9.17, 15) is 0 Å². The van der Waals surface area contributed by atoms with Crippen LogP contribution in [0.2, 0.25) is 0 Å². The molecular formula is C20H33N. The third kappa shape index (κ3) is 5.14. The van der Waals surface area contributed by atoms with E-state index >= 15 is 0 Å². The van der Waals surface area contributed by atoms with E-state index in [0.717, 1.165) is 18.4 Å². The molecule has 21 heavy (non-hydrogen) atoms. The first kappa shape index (κ1) is 16.5. The molecule has 0 amide bonds. The van der Waals surface area contributed by atoms with Gasteiger partial charge in [-0.25, -0.2) is 0 Å². The Morgan fingerprint density at radius 3 is 2.19 bits per heavy atom. The van der Waals surface area contributed by atoms with Crippen LogP contribution in [0.25, 0.3) is 0 Å². The maximum absolute atomic E-state index is 3.75. The van der Waals surface area contributed by atoms with Gasteiger partial charge in [-0.3, -0.25) is 0 Å². The molecule has 1 nitrogen and oxygen atoms in total.